The van der Waals surface area contributed by atoms with Crippen molar-refractivity contribution >= 4 is 21.5 Å². The number of carboxylic acid groups (broad SMARTS) is 1. The number of carboxylic acids is 1. The molecule has 0 aromatic heterocycles. The first kappa shape index (κ1) is 11.7. The molecule has 6 heteroatoms. The summed E-state index contributed by atoms with van der Waals surface area (Å²) in [6.07, 6.45) is 1.58. The van der Waals surface area contributed by atoms with E-state index < -0.39 is 15.8 Å². The predicted octanol–water partition coefficient (Wildman–Crippen LogP) is 1.11. The first-order valence-electron chi connectivity index (χ1n) is 4.97. The standard InChI is InChI=1S/C11H11NO4S/c13-11(14)8-1-3-9(4-2-8)12-10-5-6-17(15,16)7-10/h1-6,10,12H,7H2,(H,13,14). The average Bonchev–Trinajstić information content (AvgIpc) is 2.59. The van der Waals surface area contributed by atoms with E-state index >= 15 is 0 Å². The Bertz CT molecular complexity index is 560. The monoisotopic (exact) mass is 253 g/mol. The number of anilines is 1. The summed E-state index contributed by atoms with van der Waals surface area (Å²) < 4.78 is 22.3. The number of benzene rings is 1. The highest BCUT2D eigenvalue weighted by molar-refractivity contribution is 7.94. The molecule has 0 aliphatic carbocycles. The van der Waals surface area contributed by atoms with Gasteiger partial charge in [0.05, 0.1) is 17.4 Å². The van der Waals surface area contributed by atoms with Gasteiger partial charge in [-0.25, -0.2) is 13.2 Å². The van der Waals surface area contributed by atoms with E-state index in [2.05, 4.69) is 5.32 Å². The van der Waals surface area contributed by atoms with Crippen LogP contribution in [0.3, 0.4) is 0 Å². The smallest absolute Gasteiger partial charge is 0.335 e. The lowest BCUT2D eigenvalue weighted by atomic mass is 10.2. The summed E-state index contributed by atoms with van der Waals surface area (Å²) in [4.78, 5) is 10.6. The fourth-order valence-electron chi connectivity index (χ4n) is 1.59. The van der Waals surface area contributed by atoms with Gasteiger partial charge in [-0.2, -0.15) is 0 Å². The molecule has 0 spiro atoms. The van der Waals surface area contributed by atoms with Crippen LogP contribution in [0.2, 0.25) is 0 Å². The SMILES string of the molecule is O=C(O)c1ccc(NC2C=CS(=O)(=O)C2)cc1. The number of sulfone groups is 1. The van der Waals surface area contributed by atoms with Gasteiger partial charge in [0.15, 0.2) is 9.84 Å². The average molecular weight is 253 g/mol. The Balaban J connectivity index is 2.06. The minimum Gasteiger partial charge on any atom is -0.478 e. The maximum atomic E-state index is 11.2. The van der Waals surface area contributed by atoms with E-state index in [1.807, 2.05) is 0 Å². The van der Waals surface area contributed by atoms with Crippen molar-refractivity contribution in [1.82, 2.24) is 0 Å². The van der Waals surface area contributed by atoms with Crippen molar-refractivity contribution in [1.29, 1.82) is 0 Å². The molecule has 17 heavy (non-hydrogen) atoms. The van der Waals surface area contributed by atoms with E-state index in [-0.39, 0.29) is 17.4 Å². The molecule has 5 nitrogen and oxygen atoms in total. The molecule has 0 bridgehead atoms. The van der Waals surface area contributed by atoms with Crippen LogP contribution in [0, 0.1) is 0 Å². The molecule has 1 aromatic rings. The van der Waals surface area contributed by atoms with E-state index in [9.17, 15) is 13.2 Å². The highest BCUT2D eigenvalue weighted by Crippen LogP contribution is 2.15. The van der Waals surface area contributed by atoms with Crippen LogP contribution >= 0.6 is 0 Å². The lowest BCUT2D eigenvalue weighted by Crippen LogP contribution is -2.20. The highest BCUT2D eigenvalue weighted by atomic mass is 32.2. The van der Waals surface area contributed by atoms with Crippen LogP contribution in [0.15, 0.2) is 35.7 Å². The zero-order valence-corrected chi connectivity index (χ0v) is 9.65. The number of rotatable bonds is 3. The molecule has 2 N–H and O–H groups in total. The number of nitrogens with one attached hydrogen (secondary N) is 1. The topological polar surface area (TPSA) is 83.5 Å². The molecule has 1 aliphatic rings. The molecule has 1 heterocycles. The molecule has 90 valence electrons. The van der Waals surface area contributed by atoms with Gasteiger partial charge in [-0.15, -0.1) is 0 Å². The zero-order chi connectivity index (χ0) is 12.5. The lowest BCUT2D eigenvalue weighted by molar-refractivity contribution is 0.0697. The van der Waals surface area contributed by atoms with Crippen molar-refractivity contribution in [2.24, 2.45) is 0 Å². The van der Waals surface area contributed by atoms with Gasteiger partial charge in [0.25, 0.3) is 0 Å². The van der Waals surface area contributed by atoms with Gasteiger partial charge in [-0.1, -0.05) is 6.08 Å². The Morgan fingerprint density at radius 3 is 2.41 bits per heavy atom. The first-order valence-corrected chi connectivity index (χ1v) is 6.69. The molecule has 0 saturated heterocycles. The zero-order valence-electron chi connectivity index (χ0n) is 8.83. The first-order chi connectivity index (χ1) is 7.96. The molecule has 2 rings (SSSR count). The Morgan fingerprint density at radius 2 is 1.94 bits per heavy atom. The van der Waals surface area contributed by atoms with E-state index in [0.717, 1.165) is 0 Å². The van der Waals surface area contributed by atoms with Crippen LogP contribution in [0.25, 0.3) is 0 Å². The minimum absolute atomic E-state index is 0.0354. The lowest BCUT2D eigenvalue weighted by Gasteiger charge is -2.11. The second-order valence-electron chi connectivity index (χ2n) is 3.79. The van der Waals surface area contributed by atoms with Gasteiger partial charge in [-0.05, 0) is 24.3 Å². The van der Waals surface area contributed by atoms with Gasteiger partial charge in [0, 0.05) is 11.1 Å². The van der Waals surface area contributed by atoms with Crippen molar-refractivity contribution in [3.63, 3.8) is 0 Å². The number of carbonyl (C=O) groups is 1. The second kappa shape index (κ2) is 4.21. The Hall–Kier alpha value is -1.82. The molecule has 1 atom stereocenters. The Kier molecular flexibility index (Phi) is 2.89. The van der Waals surface area contributed by atoms with E-state index in [0.29, 0.717) is 5.69 Å². The maximum Gasteiger partial charge on any atom is 0.335 e. The van der Waals surface area contributed by atoms with Crippen LogP contribution in [-0.2, 0) is 9.84 Å². The van der Waals surface area contributed by atoms with Gasteiger partial charge in [0.1, 0.15) is 0 Å². The quantitative estimate of drug-likeness (QED) is 0.843. The molecule has 0 radical (unpaired) electrons. The van der Waals surface area contributed by atoms with Crippen molar-refractivity contribution in [2.45, 2.75) is 6.04 Å². The van der Waals surface area contributed by atoms with E-state index in [4.69, 9.17) is 5.11 Å². The molecule has 1 unspecified atom stereocenters. The van der Waals surface area contributed by atoms with Crippen molar-refractivity contribution in [2.75, 3.05) is 11.1 Å². The van der Waals surface area contributed by atoms with Crippen molar-refractivity contribution in [3.8, 4) is 0 Å². The fourth-order valence-corrected chi connectivity index (χ4v) is 2.82. The third-order valence-corrected chi connectivity index (χ3v) is 3.81. The Labute approximate surface area is 98.7 Å². The van der Waals surface area contributed by atoms with Crippen LogP contribution in [0.5, 0.6) is 0 Å². The van der Waals surface area contributed by atoms with Gasteiger partial charge in [-0.3, -0.25) is 0 Å². The van der Waals surface area contributed by atoms with Crippen molar-refractivity contribution < 1.29 is 18.3 Å². The summed E-state index contributed by atoms with van der Waals surface area (Å²) in [6, 6.07) is 5.91. The van der Waals surface area contributed by atoms with Crippen LogP contribution in [0.1, 0.15) is 10.4 Å². The van der Waals surface area contributed by atoms with Gasteiger partial charge in [0.2, 0.25) is 0 Å². The van der Waals surface area contributed by atoms with Gasteiger partial charge < -0.3 is 10.4 Å². The summed E-state index contributed by atoms with van der Waals surface area (Å²) in [5.74, 6) is -0.951. The molecular formula is C11H11NO4S. The Morgan fingerprint density at radius 1 is 1.29 bits per heavy atom. The predicted molar refractivity (Wildman–Crippen MR) is 63.7 cm³/mol. The van der Waals surface area contributed by atoms with Crippen LogP contribution in [-0.4, -0.2) is 31.3 Å². The number of hydrogen-bond donors (Lipinski definition) is 2. The largest absolute Gasteiger partial charge is 0.478 e. The maximum absolute atomic E-state index is 11.2. The normalized spacial score (nSPS) is 21.3. The molecule has 0 amide bonds. The second-order valence-corrected chi connectivity index (χ2v) is 5.72. The molecule has 1 aliphatic heterocycles. The third kappa shape index (κ3) is 2.85. The summed E-state index contributed by atoms with van der Waals surface area (Å²) in [6.45, 7) is 0. The summed E-state index contributed by atoms with van der Waals surface area (Å²) in [5.41, 5.74) is 0.895. The number of hydrogen-bond acceptors (Lipinski definition) is 4. The van der Waals surface area contributed by atoms with Crippen LogP contribution in [0.4, 0.5) is 5.69 Å². The third-order valence-electron chi connectivity index (χ3n) is 2.41. The summed E-state index contributed by atoms with van der Waals surface area (Å²) in [5, 5.41) is 12.9. The minimum atomic E-state index is -3.07. The fraction of sp³-hybridized carbons (Fsp3) is 0.182. The van der Waals surface area contributed by atoms with Crippen LogP contribution < -0.4 is 5.32 Å². The summed E-state index contributed by atoms with van der Waals surface area (Å²) >= 11 is 0. The number of aromatic carboxylic acids is 1. The highest BCUT2D eigenvalue weighted by Gasteiger charge is 2.21. The molecule has 0 saturated carbocycles. The van der Waals surface area contributed by atoms with Gasteiger partial charge >= 0.3 is 5.97 Å². The molecular weight excluding hydrogens is 242 g/mol. The van der Waals surface area contributed by atoms with Crippen molar-refractivity contribution in [3.05, 3.63) is 41.3 Å². The summed E-state index contributed by atoms with van der Waals surface area (Å²) in [7, 11) is -3.07. The molecule has 0 fully saturated rings. The molecule has 1 aromatic carbocycles. The van der Waals surface area contributed by atoms with E-state index in [1.165, 1.54) is 17.5 Å². The van der Waals surface area contributed by atoms with E-state index in [1.54, 1.807) is 18.2 Å².